The molecular formula is C8H6O4. The number of aldehydes is 1. The largest absolute Gasteiger partial charge is 0.480 e. The molecule has 1 unspecified atom stereocenters. The summed E-state index contributed by atoms with van der Waals surface area (Å²) >= 11 is 0. The summed E-state index contributed by atoms with van der Waals surface area (Å²) in [6, 6.07) is 0. The minimum Gasteiger partial charge on any atom is -0.480 e. The van der Waals surface area contributed by atoms with Gasteiger partial charge >= 0.3 is 5.97 Å². The molecule has 0 bridgehead atoms. The third kappa shape index (κ3) is 1.47. The van der Waals surface area contributed by atoms with E-state index in [9.17, 15) is 14.4 Å². The predicted molar refractivity (Wildman–Crippen MR) is 39.4 cm³/mol. The lowest BCUT2D eigenvalue weighted by Crippen LogP contribution is -2.22. The maximum Gasteiger partial charge on any atom is 0.318 e. The van der Waals surface area contributed by atoms with Crippen molar-refractivity contribution in [2.75, 3.05) is 0 Å². The summed E-state index contributed by atoms with van der Waals surface area (Å²) in [6.45, 7) is 0. The van der Waals surface area contributed by atoms with Crippen LogP contribution in [0.2, 0.25) is 0 Å². The van der Waals surface area contributed by atoms with Gasteiger partial charge in [-0.25, -0.2) is 0 Å². The number of hydrogen-bond donors (Lipinski definition) is 1. The van der Waals surface area contributed by atoms with E-state index in [1.807, 2.05) is 0 Å². The zero-order valence-corrected chi connectivity index (χ0v) is 6.06. The number of carboxylic acids is 1. The lowest BCUT2D eigenvalue weighted by Gasteiger charge is -2.06. The van der Waals surface area contributed by atoms with Crippen LogP contribution in [0.4, 0.5) is 0 Å². The second-order valence-corrected chi connectivity index (χ2v) is 2.34. The topological polar surface area (TPSA) is 71.4 Å². The highest BCUT2D eigenvalue weighted by Crippen LogP contribution is 2.11. The second-order valence-electron chi connectivity index (χ2n) is 2.34. The Bertz CT molecular complexity index is 298. The molecule has 4 heteroatoms. The number of carboxylic acid groups (broad SMARTS) is 1. The predicted octanol–water partition coefficient (Wildman–Crippen LogP) is -0.0486. The van der Waals surface area contributed by atoms with Crippen LogP contribution in [0.15, 0.2) is 23.8 Å². The van der Waals surface area contributed by atoms with E-state index in [1.165, 1.54) is 12.2 Å². The summed E-state index contributed by atoms with van der Waals surface area (Å²) in [6.07, 6.45) is 4.07. The Balaban J connectivity index is 2.88. The van der Waals surface area contributed by atoms with Crippen LogP contribution in [-0.4, -0.2) is 23.1 Å². The molecule has 0 heterocycles. The van der Waals surface area contributed by atoms with Gasteiger partial charge < -0.3 is 5.11 Å². The molecule has 1 aliphatic carbocycles. The molecule has 1 rings (SSSR count). The van der Waals surface area contributed by atoms with E-state index in [-0.39, 0.29) is 5.57 Å². The van der Waals surface area contributed by atoms with E-state index in [4.69, 9.17) is 5.11 Å². The highest BCUT2D eigenvalue weighted by atomic mass is 16.4. The summed E-state index contributed by atoms with van der Waals surface area (Å²) in [5.74, 6) is -2.89. The van der Waals surface area contributed by atoms with Gasteiger partial charge in [-0.15, -0.1) is 0 Å². The van der Waals surface area contributed by atoms with Crippen LogP contribution in [0.5, 0.6) is 0 Å². The third-order valence-electron chi connectivity index (χ3n) is 1.50. The Morgan fingerprint density at radius 3 is 2.67 bits per heavy atom. The lowest BCUT2D eigenvalue weighted by atomic mass is 9.96. The van der Waals surface area contributed by atoms with Crippen LogP contribution in [0, 0.1) is 5.92 Å². The first kappa shape index (κ1) is 8.39. The maximum atomic E-state index is 10.9. The molecule has 1 aliphatic rings. The van der Waals surface area contributed by atoms with E-state index in [2.05, 4.69) is 0 Å². The zero-order chi connectivity index (χ0) is 9.14. The first-order chi connectivity index (χ1) is 5.65. The minimum absolute atomic E-state index is 0.206. The number of ketones is 1. The normalized spacial score (nSPS) is 21.8. The van der Waals surface area contributed by atoms with Gasteiger partial charge in [0.15, 0.2) is 5.78 Å². The number of rotatable bonds is 2. The van der Waals surface area contributed by atoms with Crippen LogP contribution >= 0.6 is 0 Å². The summed E-state index contributed by atoms with van der Waals surface area (Å²) < 4.78 is 0. The van der Waals surface area contributed by atoms with Crippen LogP contribution in [0.1, 0.15) is 0 Å². The Kier molecular flexibility index (Phi) is 2.19. The van der Waals surface area contributed by atoms with Gasteiger partial charge in [0.25, 0.3) is 0 Å². The molecule has 0 aliphatic heterocycles. The molecule has 4 nitrogen and oxygen atoms in total. The average Bonchev–Trinajstić information content (AvgIpc) is 2.03. The molecule has 0 amide bonds. The van der Waals surface area contributed by atoms with Crippen molar-refractivity contribution in [3.8, 4) is 0 Å². The molecule has 0 saturated heterocycles. The fraction of sp³-hybridized carbons (Fsp3) is 0.125. The molecule has 0 saturated carbocycles. The van der Waals surface area contributed by atoms with Gasteiger partial charge in [-0.3, -0.25) is 14.4 Å². The highest BCUT2D eigenvalue weighted by Gasteiger charge is 2.24. The van der Waals surface area contributed by atoms with Crippen LogP contribution in [0.3, 0.4) is 0 Å². The summed E-state index contributed by atoms with van der Waals surface area (Å²) in [7, 11) is 0. The number of allylic oxidation sites excluding steroid dienone is 3. The molecule has 0 aromatic heterocycles. The van der Waals surface area contributed by atoms with E-state index in [1.54, 1.807) is 0 Å². The van der Waals surface area contributed by atoms with Crippen LogP contribution in [0.25, 0.3) is 0 Å². The lowest BCUT2D eigenvalue weighted by molar-refractivity contribution is -0.143. The van der Waals surface area contributed by atoms with Gasteiger partial charge in [0.1, 0.15) is 12.2 Å². The van der Waals surface area contributed by atoms with Crippen molar-refractivity contribution < 1.29 is 19.5 Å². The van der Waals surface area contributed by atoms with E-state index >= 15 is 0 Å². The van der Waals surface area contributed by atoms with Gasteiger partial charge in [-0.1, -0.05) is 12.2 Å². The maximum absolute atomic E-state index is 10.9. The van der Waals surface area contributed by atoms with Gasteiger partial charge in [-0.2, -0.15) is 0 Å². The van der Waals surface area contributed by atoms with Crippen LogP contribution < -0.4 is 0 Å². The van der Waals surface area contributed by atoms with Crippen molar-refractivity contribution in [2.45, 2.75) is 0 Å². The molecule has 0 spiro atoms. The van der Waals surface area contributed by atoms with E-state index < -0.39 is 17.7 Å². The van der Waals surface area contributed by atoms with Crippen LogP contribution in [-0.2, 0) is 14.4 Å². The molecule has 12 heavy (non-hydrogen) atoms. The fourth-order valence-corrected chi connectivity index (χ4v) is 0.882. The van der Waals surface area contributed by atoms with Crippen molar-refractivity contribution in [3.05, 3.63) is 23.8 Å². The van der Waals surface area contributed by atoms with Gasteiger partial charge in [0, 0.05) is 5.57 Å². The fourth-order valence-electron chi connectivity index (χ4n) is 0.882. The quantitative estimate of drug-likeness (QED) is 0.461. The third-order valence-corrected chi connectivity index (χ3v) is 1.50. The van der Waals surface area contributed by atoms with Gasteiger partial charge in [0.2, 0.25) is 0 Å². The molecule has 0 radical (unpaired) electrons. The molecule has 62 valence electrons. The zero-order valence-electron chi connectivity index (χ0n) is 6.06. The number of aliphatic carboxylic acids is 1. The van der Waals surface area contributed by atoms with E-state index in [0.29, 0.717) is 6.29 Å². The average molecular weight is 166 g/mol. The van der Waals surface area contributed by atoms with Crippen molar-refractivity contribution >= 4 is 18.0 Å². The molecule has 1 N–H and O–H groups in total. The summed E-state index contributed by atoms with van der Waals surface area (Å²) in [4.78, 5) is 31.5. The van der Waals surface area contributed by atoms with E-state index in [0.717, 1.165) is 6.08 Å². The Labute approximate surface area is 68.2 Å². The van der Waals surface area contributed by atoms with Crippen molar-refractivity contribution in [2.24, 2.45) is 5.92 Å². The van der Waals surface area contributed by atoms with Gasteiger partial charge in [-0.05, 0) is 6.08 Å². The smallest absolute Gasteiger partial charge is 0.318 e. The van der Waals surface area contributed by atoms with Crippen molar-refractivity contribution in [1.29, 1.82) is 0 Å². The molecule has 0 aromatic rings. The minimum atomic E-state index is -1.20. The first-order valence-corrected chi connectivity index (χ1v) is 3.27. The molecular weight excluding hydrogens is 160 g/mol. The molecule has 0 aromatic carbocycles. The monoisotopic (exact) mass is 166 g/mol. The van der Waals surface area contributed by atoms with Crippen molar-refractivity contribution in [1.82, 2.24) is 0 Å². The number of hydrogen-bond acceptors (Lipinski definition) is 3. The first-order valence-electron chi connectivity index (χ1n) is 3.27. The summed E-state index contributed by atoms with van der Waals surface area (Å²) in [5, 5.41) is 8.48. The number of carbonyl (C=O) groups excluding carboxylic acids is 2. The number of carbonyl (C=O) groups is 3. The second kappa shape index (κ2) is 3.13. The Hall–Kier alpha value is -1.71. The molecule has 0 fully saturated rings. The SMILES string of the molecule is O=CC1=CC(=O)C(C(=O)O)C=C1. The Morgan fingerprint density at radius 2 is 2.25 bits per heavy atom. The highest BCUT2D eigenvalue weighted by molar-refractivity contribution is 6.10. The Morgan fingerprint density at radius 1 is 1.58 bits per heavy atom. The standard InChI is InChI=1S/C8H6O4/c9-4-5-1-2-6(8(11)12)7(10)3-5/h1-4,6H,(H,11,12). The summed E-state index contributed by atoms with van der Waals surface area (Å²) in [5.41, 5.74) is 0.206. The molecule has 1 atom stereocenters. The van der Waals surface area contributed by atoms with Crippen molar-refractivity contribution in [3.63, 3.8) is 0 Å². The van der Waals surface area contributed by atoms with Gasteiger partial charge in [0.05, 0.1) is 0 Å².